The van der Waals surface area contributed by atoms with Crippen molar-refractivity contribution in [3.8, 4) is 5.75 Å². The minimum Gasteiger partial charge on any atom is -0.481 e. The molecule has 33 heavy (non-hydrogen) atoms. The number of anilines is 2. The number of carboxylic acid groups (broad SMARTS) is 1. The third-order valence-corrected chi connectivity index (χ3v) is 6.57. The number of aryl methyl sites for hydroxylation is 2. The molecule has 4 rings (SSSR count). The summed E-state index contributed by atoms with van der Waals surface area (Å²) in [5, 5.41) is 17.2. The van der Waals surface area contributed by atoms with E-state index in [9.17, 15) is 17.8 Å². The van der Waals surface area contributed by atoms with E-state index in [1.54, 1.807) is 29.4 Å². The average molecular weight is 490 g/mol. The van der Waals surface area contributed by atoms with E-state index in [0.29, 0.717) is 28.0 Å². The van der Waals surface area contributed by atoms with Crippen LogP contribution in [0.1, 0.15) is 16.1 Å². The van der Waals surface area contributed by atoms with Gasteiger partial charge in [0, 0.05) is 4.88 Å². The highest BCUT2D eigenvalue weighted by atomic mass is 32.2. The summed E-state index contributed by atoms with van der Waals surface area (Å²) in [6.07, 6.45) is 0. The van der Waals surface area contributed by atoms with Crippen molar-refractivity contribution in [3.05, 3.63) is 64.7 Å². The van der Waals surface area contributed by atoms with Gasteiger partial charge in [0.2, 0.25) is 5.13 Å². The fourth-order valence-electron chi connectivity index (χ4n) is 2.95. The minimum absolute atomic E-state index is 0.248. The Morgan fingerprint density at radius 3 is 2.45 bits per heavy atom. The molecule has 2 heterocycles. The second-order valence-electron chi connectivity index (χ2n) is 6.95. The quantitative estimate of drug-likeness (QED) is 0.423. The number of aliphatic carboxylic acids is 1. The number of para-hydroxylation sites is 1. The SMILES string of the molecule is Cc1nc(N2NC(c3ccccc3OCC(=O)O)=NN2c2ccc(S(=O)(=O)O)cc2)sc1C. The zero-order valence-corrected chi connectivity index (χ0v) is 19.1. The van der Waals surface area contributed by atoms with Crippen molar-refractivity contribution in [1.82, 2.24) is 10.4 Å². The van der Waals surface area contributed by atoms with E-state index in [-0.39, 0.29) is 4.90 Å². The number of ether oxygens (including phenoxy) is 1. The Balaban J connectivity index is 1.75. The van der Waals surface area contributed by atoms with Gasteiger partial charge in [-0.25, -0.2) is 9.78 Å². The first-order valence-corrected chi connectivity index (χ1v) is 11.8. The molecule has 172 valence electrons. The molecule has 13 heteroatoms. The molecule has 0 bridgehead atoms. The van der Waals surface area contributed by atoms with Crippen LogP contribution in [0.15, 0.2) is 58.5 Å². The summed E-state index contributed by atoms with van der Waals surface area (Å²) in [5.41, 5.74) is 5.00. The zero-order chi connectivity index (χ0) is 23.8. The Morgan fingerprint density at radius 2 is 1.85 bits per heavy atom. The lowest BCUT2D eigenvalue weighted by Gasteiger charge is -2.25. The third-order valence-electron chi connectivity index (χ3n) is 4.65. The molecule has 11 nitrogen and oxygen atoms in total. The maximum absolute atomic E-state index is 11.4. The number of hydrogen-bond acceptors (Lipinski definition) is 10. The van der Waals surface area contributed by atoms with Gasteiger partial charge in [0.1, 0.15) is 5.75 Å². The average Bonchev–Trinajstić information content (AvgIpc) is 3.35. The second-order valence-corrected chi connectivity index (χ2v) is 9.55. The van der Waals surface area contributed by atoms with E-state index in [0.717, 1.165) is 10.6 Å². The molecule has 2 aromatic carbocycles. The van der Waals surface area contributed by atoms with Crippen LogP contribution in [0, 0.1) is 13.8 Å². The molecule has 0 amide bonds. The summed E-state index contributed by atoms with van der Waals surface area (Å²) in [5.74, 6) is -0.427. The monoisotopic (exact) mass is 489 g/mol. The first-order chi connectivity index (χ1) is 15.6. The number of rotatable bonds is 7. The van der Waals surface area contributed by atoms with Crippen LogP contribution in [0.25, 0.3) is 0 Å². The highest BCUT2D eigenvalue weighted by molar-refractivity contribution is 7.85. The smallest absolute Gasteiger partial charge is 0.341 e. The van der Waals surface area contributed by atoms with Crippen LogP contribution in [0.3, 0.4) is 0 Å². The van der Waals surface area contributed by atoms with Gasteiger partial charge in [-0.2, -0.15) is 8.42 Å². The van der Waals surface area contributed by atoms with Crippen molar-refractivity contribution in [2.24, 2.45) is 5.10 Å². The number of amidine groups is 1. The van der Waals surface area contributed by atoms with Crippen molar-refractivity contribution in [1.29, 1.82) is 0 Å². The lowest BCUT2D eigenvalue weighted by Crippen LogP contribution is -2.44. The summed E-state index contributed by atoms with van der Waals surface area (Å²) < 4.78 is 37.5. The molecular formula is C20H19N5O6S2. The van der Waals surface area contributed by atoms with Crippen LogP contribution < -0.4 is 20.4 Å². The number of carbonyl (C=O) groups is 1. The Bertz CT molecular complexity index is 1320. The first-order valence-electron chi connectivity index (χ1n) is 9.54. The Hall–Kier alpha value is -3.68. The van der Waals surface area contributed by atoms with E-state index in [4.69, 9.17) is 9.84 Å². The maximum atomic E-state index is 11.4. The zero-order valence-electron chi connectivity index (χ0n) is 17.5. The lowest BCUT2D eigenvalue weighted by molar-refractivity contribution is -0.139. The number of hydrazone groups is 1. The lowest BCUT2D eigenvalue weighted by atomic mass is 10.2. The molecule has 0 fully saturated rings. The number of carboxylic acids is 1. The Kier molecular flexibility index (Phi) is 5.93. The van der Waals surface area contributed by atoms with Crippen LogP contribution in [-0.4, -0.2) is 41.5 Å². The van der Waals surface area contributed by atoms with Gasteiger partial charge < -0.3 is 9.84 Å². The topological polar surface area (TPSA) is 145 Å². The molecule has 0 saturated heterocycles. The largest absolute Gasteiger partial charge is 0.481 e. The van der Waals surface area contributed by atoms with E-state index in [1.807, 2.05) is 13.8 Å². The molecule has 1 aliphatic rings. The molecule has 3 aromatic rings. The van der Waals surface area contributed by atoms with Crippen molar-refractivity contribution in [2.75, 3.05) is 16.8 Å². The summed E-state index contributed by atoms with van der Waals surface area (Å²) in [7, 11) is -4.34. The van der Waals surface area contributed by atoms with E-state index >= 15 is 0 Å². The van der Waals surface area contributed by atoms with Gasteiger partial charge in [0.25, 0.3) is 10.1 Å². The van der Waals surface area contributed by atoms with E-state index < -0.39 is 22.7 Å². The normalized spacial score (nSPS) is 13.6. The summed E-state index contributed by atoms with van der Waals surface area (Å²) >= 11 is 1.43. The van der Waals surface area contributed by atoms with Crippen LogP contribution >= 0.6 is 11.3 Å². The Morgan fingerprint density at radius 1 is 1.15 bits per heavy atom. The van der Waals surface area contributed by atoms with Crippen molar-refractivity contribution in [3.63, 3.8) is 0 Å². The number of nitrogens with zero attached hydrogens (tertiary/aromatic N) is 4. The molecule has 3 N–H and O–H groups in total. The second kappa shape index (κ2) is 8.69. The van der Waals surface area contributed by atoms with Gasteiger partial charge in [-0.3, -0.25) is 9.98 Å². The van der Waals surface area contributed by atoms with Crippen molar-refractivity contribution < 1.29 is 27.6 Å². The summed E-state index contributed by atoms with van der Waals surface area (Å²) in [4.78, 5) is 16.3. The predicted octanol–water partition coefficient (Wildman–Crippen LogP) is 2.58. The highest BCUT2D eigenvalue weighted by Crippen LogP contribution is 2.32. The molecule has 0 radical (unpaired) electrons. The fourth-order valence-corrected chi connectivity index (χ4v) is 4.29. The van der Waals surface area contributed by atoms with E-state index in [1.165, 1.54) is 40.7 Å². The number of hydrazine groups is 2. The highest BCUT2D eigenvalue weighted by Gasteiger charge is 2.30. The van der Waals surface area contributed by atoms with Crippen LogP contribution in [0.2, 0.25) is 0 Å². The standard InChI is InChI=1S/C20H19N5O6S2/c1-12-13(2)32-20(21-12)25-23-19(16-5-3-4-6-17(16)31-11-18(26)27)22-24(25)14-7-9-15(10-8-14)33(28,29)30/h3-10H,11H2,1-2H3,(H,22,23)(H,26,27)(H,28,29,30). The van der Waals surface area contributed by atoms with E-state index in [2.05, 4.69) is 15.5 Å². The molecule has 1 aliphatic heterocycles. The van der Waals surface area contributed by atoms with Crippen molar-refractivity contribution in [2.45, 2.75) is 18.7 Å². The number of aromatic nitrogens is 1. The van der Waals surface area contributed by atoms with Gasteiger partial charge in [-0.15, -0.1) is 15.3 Å². The minimum atomic E-state index is -4.34. The molecule has 0 spiro atoms. The number of benzene rings is 2. The molecule has 0 saturated carbocycles. The number of hydrogen-bond donors (Lipinski definition) is 3. The molecule has 0 atom stereocenters. The van der Waals surface area contributed by atoms with Gasteiger partial charge in [0.15, 0.2) is 12.4 Å². The molecule has 1 aromatic heterocycles. The summed E-state index contributed by atoms with van der Waals surface area (Å²) in [6, 6.07) is 12.3. The van der Waals surface area contributed by atoms with Gasteiger partial charge in [0.05, 0.1) is 21.8 Å². The number of thiazole rings is 1. The molecule has 0 aliphatic carbocycles. The van der Waals surface area contributed by atoms with Gasteiger partial charge in [-0.05, 0) is 50.2 Å². The van der Waals surface area contributed by atoms with Crippen LogP contribution in [-0.2, 0) is 14.9 Å². The van der Waals surface area contributed by atoms with Crippen molar-refractivity contribution >= 4 is 44.1 Å². The third kappa shape index (κ3) is 4.74. The van der Waals surface area contributed by atoms with Gasteiger partial charge in [-0.1, -0.05) is 23.5 Å². The van der Waals surface area contributed by atoms with Crippen LogP contribution in [0.5, 0.6) is 5.75 Å². The molecule has 0 unspecified atom stereocenters. The van der Waals surface area contributed by atoms with Crippen LogP contribution in [0.4, 0.5) is 10.8 Å². The maximum Gasteiger partial charge on any atom is 0.341 e. The predicted molar refractivity (Wildman–Crippen MR) is 122 cm³/mol. The van der Waals surface area contributed by atoms with Gasteiger partial charge >= 0.3 is 5.97 Å². The Labute approximate surface area is 193 Å². The first kappa shape index (κ1) is 22.5. The summed E-state index contributed by atoms with van der Waals surface area (Å²) in [6.45, 7) is 3.31. The molecular weight excluding hydrogens is 470 g/mol. The fraction of sp³-hybridized carbons (Fsp3) is 0.150. The number of nitrogens with one attached hydrogen (secondary N) is 1.